The van der Waals surface area contributed by atoms with E-state index in [9.17, 15) is 0 Å². The summed E-state index contributed by atoms with van der Waals surface area (Å²) in [5.41, 5.74) is 16.9. The number of para-hydroxylation sites is 5. The fourth-order valence-electron chi connectivity index (χ4n) is 9.45. The summed E-state index contributed by atoms with van der Waals surface area (Å²) in [7, 11) is -2.19. The molecule has 0 aromatic heterocycles. The lowest BCUT2D eigenvalue weighted by Gasteiger charge is -2.51. The van der Waals surface area contributed by atoms with E-state index in [0.29, 0.717) is 0 Å². The maximum atomic E-state index is 2.77. The van der Waals surface area contributed by atoms with Gasteiger partial charge in [0, 0.05) is 39.3 Å². The highest BCUT2D eigenvalue weighted by Crippen LogP contribution is 2.53. The van der Waals surface area contributed by atoms with Crippen molar-refractivity contribution in [2.24, 2.45) is 0 Å². The molecule has 0 N–H and O–H groups in total. The third kappa shape index (κ3) is 4.17. The van der Waals surface area contributed by atoms with Gasteiger partial charge >= 0.3 is 6.85 Å². The fraction of sp³-hybridized carbons (Fsp3) is 0.106. The van der Waals surface area contributed by atoms with Gasteiger partial charge in [-0.1, -0.05) is 179 Å². The van der Waals surface area contributed by atoms with Gasteiger partial charge in [0.15, 0.2) is 0 Å². The van der Waals surface area contributed by atoms with Gasteiger partial charge < -0.3 is 9.71 Å². The van der Waals surface area contributed by atoms with Crippen molar-refractivity contribution >= 4 is 64.7 Å². The Kier molecular flexibility index (Phi) is 6.50. The molecule has 10 rings (SSSR count). The molecule has 0 unspecified atom stereocenters. The van der Waals surface area contributed by atoms with Crippen LogP contribution < -0.4 is 31.0 Å². The lowest BCUT2D eigenvalue weighted by atomic mass is 9.45. The minimum absolute atomic E-state index is 0.0641. The first-order valence-electron chi connectivity index (χ1n) is 18.2. The molecular weight excluding hydrogens is 631 g/mol. The summed E-state index contributed by atoms with van der Waals surface area (Å²) < 4.78 is 0. The van der Waals surface area contributed by atoms with Crippen molar-refractivity contribution in [3.63, 3.8) is 0 Å². The zero-order valence-electron chi connectivity index (χ0n) is 29.6. The average Bonchev–Trinajstić information content (AvgIpc) is 3.17. The summed E-state index contributed by atoms with van der Waals surface area (Å²) in [6, 6.07) is 61.5. The first kappa shape index (κ1) is 30.3. The average molecular weight is 671 g/mol. The van der Waals surface area contributed by atoms with Crippen LogP contribution in [0.5, 0.6) is 0 Å². The summed E-state index contributed by atoms with van der Waals surface area (Å²) >= 11 is 0. The predicted octanol–water partition coefficient (Wildman–Crippen LogP) is 9.52. The van der Waals surface area contributed by atoms with Crippen molar-refractivity contribution in [2.75, 3.05) is 9.71 Å². The zero-order chi connectivity index (χ0) is 34.5. The number of nitrogens with zero attached hydrogens (tertiary/aromatic N) is 2. The van der Waals surface area contributed by atoms with Crippen LogP contribution in [-0.2, 0) is 5.41 Å². The lowest BCUT2D eigenvalue weighted by Crippen LogP contribution is -2.67. The Morgan fingerprint density at radius 3 is 1.57 bits per heavy atom. The zero-order valence-corrected chi connectivity index (χ0v) is 30.6. The van der Waals surface area contributed by atoms with Crippen molar-refractivity contribution in [1.29, 1.82) is 0 Å². The molecule has 0 saturated heterocycles. The highest BCUT2D eigenvalue weighted by atomic mass is 28.3. The Labute approximate surface area is 302 Å². The van der Waals surface area contributed by atoms with E-state index >= 15 is 0 Å². The Balaban J connectivity index is 1.36. The summed E-state index contributed by atoms with van der Waals surface area (Å²) in [5.74, 6) is 0. The second-order valence-corrected chi connectivity index (χ2v) is 19.6. The van der Waals surface area contributed by atoms with Crippen LogP contribution in [0.3, 0.4) is 0 Å². The molecule has 51 heavy (non-hydrogen) atoms. The molecule has 2 nitrogen and oxygen atoms in total. The third-order valence-corrected chi connectivity index (χ3v) is 15.4. The second-order valence-electron chi connectivity index (χ2n) is 15.3. The van der Waals surface area contributed by atoms with Gasteiger partial charge in [0.1, 0.15) is 8.07 Å². The normalized spacial score (nSPS) is 15.6. The van der Waals surface area contributed by atoms with Crippen LogP contribution in [-0.4, -0.2) is 14.9 Å². The van der Waals surface area contributed by atoms with Crippen LogP contribution in [0.25, 0.3) is 22.3 Å². The molecule has 3 aliphatic rings. The van der Waals surface area contributed by atoms with Crippen LogP contribution in [0.2, 0.25) is 13.1 Å². The Bertz CT molecular complexity index is 2410. The van der Waals surface area contributed by atoms with Gasteiger partial charge in [-0.05, 0) is 55.7 Å². The first-order valence-corrected chi connectivity index (χ1v) is 21.2. The van der Waals surface area contributed by atoms with Crippen LogP contribution in [0.15, 0.2) is 164 Å². The van der Waals surface area contributed by atoms with Crippen molar-refractivity contribution in [3.05, 3.63) is 175 Å². The molecule has 0 aliphatic carbocycles. The number of fused-ring (bicyclic) bond motifs is 6. The summed E-state index contributed by atoms with van der Waals surface area (Å²) in [4.78, 5) is 5.33. The second kappa shape index (κ2) is 11.0. The highest BCUT2D eigenvalue weighted by molar-refractivity contribution is 7.05. The van der Waals surface area contributed by atoms with E-state index in [1.807, 2.05) is 0 Å². The number of rotatable bonds is 3. The van der Waals surface area contributed by atoms with Crippen LogP contribution >= 0.6 is 0 Å². The van der Waals surface area contributed by atoms with Gasteiger partial charge in [0.2, 0.25) is 0 Å². The van der Waals surface area contributed by atoms with Gasteiger partial charge in [-0.25, -0.2) is 0 Å². The summed E-state index contributed by atoms with van der Waals surface area (Å²) in [5, 5.41) is 2.97. The monoisotopic (exact) mass is 670 g/mol. The van der Waals surface area contributed by atoms with Gasteiger partial charge in [-0.2, -0.15) is 0 Å². The molecule has 7 aromatic carbocycles. The number of benzene rings is 7. The molecule has 4 heteroatoms. The van der Waals surface area contributed by atoms with E-state index in [1.165, 1.54) is 83.1 Å². The van der Waals surface area contributed by atoms with Gasteiger partial charge in [0.25, 0.3) is 0 Å². The molecule has 244 valence electrons. The van der Waals surface area contributed by atoms with E-state index in [-0.39, 0.29) is 12.3 Å². The predicted molar refractivity (Wildman–Crippen MR) is 221 cm³/mol. The SMILES string of the molecule is CC1(C)c2ccccc2N2c3ccccc3B(N3c4c(-c5ccccc5)cccc4[Si](C)(C)c4cccc(-c5ccccc5)c43)c3cccc1c32. The topological polar surface area (TPSA) is 6.48 Å². The Hall–Kier alpha value is -5.58. The molecule has 0 fully saturated rings. The maximum absolute atomic E-state index is 2.77. The smallest absolute Gasteiger partial charge is 0.332 e. The van der Waals surface area contributed by atoms with Crippen molar-refractivity contribution in [1.82, 2.24) is 0 Å². The summed E-state index contributed by atoms with van der Waals surface area (Å²) in [6.07, 6.45) is 0. The minimum atomic E-state index is -2.19. The van der Waals surface area contributed by atoms with Gasteiger partial charge in [-0.3, -0.25) is 0 Å². The maximum Gasteiger partial charge on any atom is 0.332 e. The van der Waals surface area contributed by atoms with E-state index in [0.717, 1.165) is 0 Å². The molecule has 0 atom stereocenters. The fourth-order valence-corrected chi connectivity index (χ4v) is 12.5. The largest absolute Gasteiger partial charge is 0.376 e. The van der Waals surface area contributed by atoms with Crippen molar-refractivity contribution in [2.45, 2.75) is 32.4 Å². The van der Waals surface area contributed by atoms with E-state index in [2.05, 4.69) is 200 Å². The van der Waals surface area contributed by atoms with Gasteiger partial charge in [0.05, 0.1) is 5.69 Å². The lowest BCUT2D eigenvalue weighted by molar-refractivity contribution is 0.632. The van der Waals surface area contributed by atoms with Gasteiger partial charge in [-0.15, -0.1) is 0 Å². The Morgan fingerprint density at radius 1 is 0.451 bits per heavy atom. The number of hydrogen-bond donors (Lipinski definition) is 0. The summed E-state index contributed by atoms with van der Waals surface area (Å²) in [6.45, 7) is 9.83. The quantitative estimate of drug-likeness (QED) is 0.173. The molecule has 3 aliphatic heterocycles. The molecule has 7 aromatic rings. The van der Waals surface area contributed by atoms with Crippen LogP contribution in [0.4, 0.5) is 28.4 Å². The van der Waals surface area contributed by atoms with Crippen molar-refractivity contribution in [3.8, 4) is 22.3 Å². The number of anilines is 5. The molecule has 0 bridgehead atoms. The molecule has 0 spiro atoms. The standard InChI is InChI=1S/C47H39BN2Si/c1-47(2)36-24-11-13-28-40(36)49-41-29-14-12-26-38(41)48(39-27-17-25-37(47)46(39)49)50-44-34(32-18-7-5-8-19-32)22-15-30-42(44)51(3,4)43-31-16-23-35(45(43)50)33-20-9-6-10-21-33/h5-31H,1-4H3. The molecule has 0 saturated carbocycles. The highest BCUT2D eigenvalue weighted by Gasteiger charge is 2.50. The molecule has 0 radical (unpaired) electrons. The first-order chi connectivity index (χ1) is 24.9. The van der Waals surface area contributed by atoms with Crippen molar-refractivity contribution < 1.29 is 0 Å². The van der Waals surface area contributed by atoms with E-state index < -0.39 is 8.07 Å². The molecule has 0 amide bonds. The molecule has 3 heterocycles. The Morgan fingerprint density at radius 2 is 0.941 bits per heavy atom. The third-order valence-electron chi connectivity index (χ3n) is 11.9. The van der Waals surface area contributed by atoms with Crippen LogP contribution in [0, 0.1) is 0 Å². The molecular formula is C47H39BN2Si. The van der Waals surface area contributed by atoms with Crippen LogP contribution in [0.1, 0.15) is 25.0 Å². The minimum Gasteiger partial charge on any atom is -0.376 e. The van der Waals surface area contributed by atoms with E-state index in [1.54, 1.807) is 0 Å². The van der Waals surface area contributed by atoms with E-state index in [4.69, 9.17) is 0 Å². The number of hydrogen-bond acceptors (Lipinski definition) is 2.